The molecule has 2 N–H and O–H groups in total. The molecule has 0 fully saturated rings. The van der Waals surface area contributed by atoms with Crippen LogP contribution in [-0.2, 0) is 11.8 Å². The lowest BCUT2D eigenvalue weighted by atomic mass is 10.1. The van der Waals surface area contributed by atoms with E-state index in [0.717, 1.165) is 60.6 Å². The highest BCUT2D eigenvalue weighted by Crippen LogP contribution is 2.24. The SMILES string of the molecule is C#CC/C(=C/C)CC.C=CC.CC.CC.CCCOCC.Cc1nc(N)c2nc(C)n(C)c2c1C. The predicted molar refractivity (Wildman–Crippen MR) is 160 cm³/mol. The maximum atomic E-state index is 5.82. The molecular weight excluding hydrogens is 432 g/mol. The van der Waals surface area contributed by atoms with Crippen molar-refractivity contribution in [1.82, 2.24) is 14.5 Å². The van der Waals surface area contributed by atoms with Gasteiger partial charge in [-0.3, -0.25) is 0 Å². The largest absolute Gasteiger partial charge is 0.382 e. The van der Waals surface area contributed by atoms with E-state index >= 15 is 0 Å². The number of rotatable bonds is 5. The van der Waals surface area contributed by atoms with E-state index in [1.165, 1.54) is 5.57 Å². The Balaban J connectivity index is -0.000000197. The van der Waals surface area contributed by atoms with Crippen molar-refractivity contribution in [3.05, 3.63) is 41.4 Å². The third kappa shape index (κ3) is 17.5. The molecule has 0 aliphatic rings. The number of hydrogen-bond acceptors (Lipinski definition) is 4. The predicted octanol–water partition coefficient (Wildman–Crippen LogP) is 8.52. The summed E-state index contributed by atoms with van der Waals surface area (Å²) in [6.45, 7) is 29.3. The topological polar surface area (TPSA) is 66.0 Å². The van der Waals surface area contributed by atoms with Gasteiger partial charge in [-0.05, 0) is 59.9 Å². The summed E-state index contributed by atoms with van der Waals surface area (Å²) in [6, 6.07) is 0. The number of terminal acetylenes is 1. The van der Waals surface area contributed by atoms with Crippen molar-refractivity contribution < 1.29 is 4.74 Å². The number of allylic oxidation sites excluding steroid dienone is 3. The van der Waals surface area contributed by atoms with Crippen molar-refractivity contribution in [2.75, 3.05) is 18.9 Å². The number of ether oxygens (including phenoxy) is 1. The summed E-state index contributed by atoms with van der Waals surface area (Å²) >= 11 is 0. The lowest BCUT2D eigenvalue weighted by Crippen LogP contribution is -1.99. The quantitative estimate of drug-likeness (QED) is 0.260. The van der Waals surface area contributed by atoms with Crippen LogP contribution in [0.2, 0.25) is 0 Å². The number of nitrogens with two attached hydrogens (primary N) is 1. The van der Waals surface area contributed by atoms with Crippen LogP contribution >= 0.6 is 0 Å². The van der Waals surface area contributed by atoms with Gasteiger partial charge < -0.3 is 15.0 Å². The molecule has 0 saturated carbocycles. The molecule has 5 nitrogen and oxygen atoms in total. The van der Waals surface area contributed by atoms with Crippen LogP contribution in [0.25, 0.3) is 11.0 Å². The van der Waals surface area contributed by atoms with Crippen LogP contribution in [-0.4, -0.2) is 27.7 Å². The van der Waals surface area contributed by atoms with Gasteiger partial charge in [0, 0.05) is 32.4 Å². The highest BCUT2D eigenvalue weighted by atomic mass is 16.5. The van der Waals surface area contributed by atoms with Gasteiger partial charge in [-0.1, -0.05) is 59.3 Å². The minimum absolute atomic E-state index is 0.520. The minimum Gasteiger partial charge on any atom is -0.382 e. The summed E-state index contributed by atoms with van der Waals surface area (Å²) in [6.07, 6.45) is 12.0. The summed E-state index contributed by atoms with van der Waals surface area (Å²) in [5, 5.41) is 0. The maximum Gasteiger partial charge on any atom is 0.151 e. The Bertz CT molecular complexity index is 838. The second-order valence-corrected chi connectivity index (χ2v) is 6.91. The second kappa shape index (κ2) is 27.7. The van der Waals surface area contributed by atoms with Crippen molar-refractivity contribution >= 4 is 16.9 Å². The zero-order valence-electron chi connectivity index (χ0n) is 25.3. The summed E-state index contributed by atoms with van der Waals surface area (Å²) < 4.78 is 7.03. The number of fused-ring (bicyclic) bond motifs is 1. The van der Waals surface area contributed by atoms with E-state index in [0.29, 0.717) is 5.82 Å². The van der Waals surface area contributed by atoms with Gasteiger partial charge in [-0.2, -0.15) is 0 Å². The van der Waals surface area contributed by atoms with Gasteiger partial charge in [0.25, 0.3) is 0 Å². The monoisotopic (exact) mass is 488 g/mol. The number of nitrogens with zero attached hydrogens (tertiary/aromatic N) is 3. The van der Waals surface area contributed by atoms with Crippen LogP contribution in [0.5, 0.6) is 0 Å². The Hall–Kier alpha value is -2.58. The maximum absolute atomic E-state index is 5.82. The molecule has 0 aliphatic carbocycles. The average molecular weight is 489 g/mol. The number of nitrogen functional groups attached to an aromatic ring is 1. The third-order valence-electron chi connectivity index (χ3n) is 4.49. The molecule has 5 heteroatoms. The van der Waals surface area contributed by atoms with Crippen LogP contribution in [0.3, 0.4) is 0 Å². The van der Waals surface area contributed by atoms with Crippen LogP contribution in [0.1, 0.15) is 98.7 Å². The molecule has 0 bridgehead atoms. The van der Waals surface area contributed by atoms with E-state index in [9.17, 15) is 0 Å². The number of pyridine rings is 1. The lowest BCUT2D eigenvalue weighted by molar-refractivity contribution is 0.148. The fourth-order valence-electron chi connectivity index (χ4n) is 2.56. The molecule has 0 spiro atoms. The zero-order chi connectivity index (χ0) is 28.4. The molecule has 0 atom stereocenters. The van der Waals surface area contributed by atoms with Gasteiger partial charge in [0.15, 0.2) is 5.82 Å². The molecule has 0 aliphatic heterocycles. The highest BCUT2D eigenvalue weighted by Gasteiger charge is 2.12. The van der Waals surface area contributed by atoms with Gasteiger partial charge in [0.05, 0.1) is 5.52 Å². The highest BCUT2D eigenvalue weighted by molar-refractivity contribution is 5.88. The molecular formula is C30H56N4O. The first-order chi connectivity index (χ1) is 16.7. The van der Waals surface area contributed by atoms with E-state index in [1.54, 1.807) is 6.08 Å². The molecule has 2 rings (SSSR count). The second-order valence-electron chi connectivity index (χ2n) is 6.91. The van der Waals surface area contributed by atoms with E-state index in [4.69, 9.17) is 16.9 Å². The smallest absolute Gasteiger partial charge is 0.151 e. The first-order valence-electron chi connectivity index (χ1n) is 13.0. The normalized spacial score (nSPS) is 9.20. The molecule has 35 heavy (non-hydrogen) atoms. The van der Waals surface area contributed by atoms with E-state index in [1.807, 2.05) is 76.3 Å². The zero-order valence-corrected chi connectivity index (χ0v) is 25.3. The number of imidazole rings is 1. The molecule has 2 aromatic rings. The Morgan fingerprint density at radius 1 is 1.09 bits per heavy atom. The van der Waals surface area contributed by atoms with Crippen LogP contribution in [0, 0.1) is 33.1 Å². The number of aryl methyl sites for hydroxylation is 4. The van der Waals surface area contributed by atoms with Crippen molar-refractivity contribution in [2.45, 2.75) is 102 Å². The van der Waals surface area contributed by atoms with Gasteiger partial charge in [-0.15, -0.1) is 18.9 Å². The Labute approximate surface area is 218 Å². The van der Waals surface area contributed by atoms with Gasteiger partial charge in [0.1, 0.15) is 11.3 Å². The molecule has 0 unspecified atom stereocenters. The molecule has 0 radical (unpaired) electrons. The molecule has 0 aromatic carbocycles. The van der Waals surface area contributed by atoms with E-state index in [-0.39, 0.29) is 0 Å². The first kappa shape index (κ1) is 39.6. The fourth-order valence-corrected chi connectivity index (χ4v) is 2.56. The summed E-state index contributed by atoms with van der Waals surface area (Å²) in [5.41, 5.74) is 11.2. The molecule has 202 valence electrons. The fraction of sp³-hybridized carbons (Fsp3) is 0.600. The molecule has 0 amide bonds. The minimum atomic E-state index is 0.520. The number of hydrogen-bond donors (Lipinski definition) is 1. The van der Waals surface area contributed by atoms with Crippen LogP contribution in [0.15, 0.2) is 24.3 Å². The van der Waals surface area contributed by atoms with Crippen LogP contribution < -0.4 is 5.73 Å². The van der Waals surface area contributed by atoms with Gasteiger partial charge >= 0.3 is 0 Å². The molecule has 2 heterocycles. The summed E-state index contributed by atoms with van der Waals surface area (Å²) in [7, 11) is 2.00. The molecule has 0 saturated heterocycles. The van der Waals surface area contributed by atoms with Crippen molar-refractivity contribution in [2.24, 2.45) is 7.05 Å². The Kier molecular flexibility index (Phi) is 31.3. The molecule has 2 aromatic heterocycles. The van der Waals surface area contributed by atoms with Crippen molar-refractivity contribution in [3.63, 3.8) is 0 Å². The number of aromatic nitrogens is 3. The standard InChI is InChI=1S/C10H14N4.C8H12.C5H12O.C3H6.2C2H6/c1-5-6(2)12-10(11)8-9(5)14(4)7(3)13-8;1-4-7-8(5-2)6-3;1-3-5-6-4-2;1-3-2;2*1-2/h1-4H3,(H2,11,12);1,5H,6-7H2,2-3H3;3-5H2,1-2H3;3H,1H2,2H3;2*1-2H3/b;8-5+;;;;. The van der Waals surface area contributed by atoms with E-state index < -0.39 is 0 Å². The lowest BCUT2D eigenvalue weighted by Gasteiger charge is -2.05. The van der Waals surface area contributed by atoms with Crippen molar-refractivity contribution in [3.8, 4) is 12.3 Å². The first-order valence-corrected chi connectivity index (χ1v) is 13.0. The summed E-state index contributed by atoms with van der Waals surface area (Å²) in [4.78, 5) is 8.65. The number of anilines is 1. The Morgan fingerprint density at radius 2 is 1.60 bits per heavy atom. The van der Waals surface area contributed by atoms with Gasteiger partial charge in [-0.25, -0.2) is 9.97 Å². The summed E-state index contributed by atoms with van der Waals surface area (Å²) in [5.74, 6) is 4.08. The van der Waals surface area contributed by atoms with Gasteiger partial charge in [0.2, 0.25) is 0 Å². The van der Waals surface area contributed by atoms with Crippen molar-refractivity contribution in [1.29, 1.82) is 0 Å². The third-order valence-corrected chi connectivity index (χ3v) is 4.49. The van der Waals surface area contributed by atoms with E-state index in [2.05, 4.69) is 47.0 Å². The Morgan fingerprint density at radius 3 is 1.91 bits per heavy atom. The average Bonchev–Trinajstić information content (AvgIpc) is 3.18. The van der Waals surface area contributed by atoms with Crippen LogP contribution in [0.4, 0.5) is 5.82 Å².